The van der Waals surface area contributed by atoms with E-state index in [9.17, 15) is 9.90 Å². The molecule has 2 aliphatic heterocycles. The summed E-state index contributed by atoms with van der Waals surface area (Å²) in [6.45, 7) is 1.34. The summed E-state index contributed by atoms with van der Waals surface area (Å²) in [6.07, 6.45) is 6.60. The topological polar surface area (TPSA) is 120 Å². The number of aliphatic imine (C=N–C) groups is 1. The summed E-state index contributed by atoms with van der Waals surface area (Å²) in [5.74, 6) is 0.862. The van der Waals surface area contributed by atoms with E-state index in [4.69, 9.17) is 5.73 Å². The number of allylic oxidation sites excluding steroid dienone is 1. The summed E-state index contributed by atoms with van der Waals surface area (Å²) in [4.78, 5) is 29.1. The number of nitrogens with two attached hydrogens (primary N) is 1. The van der Waals surface area contributed by atoms with Crippen LogP contribution in [0.2, 0.25) is 0 Å². The van der Waals surface area contributed by atoms with E-state index in [1.165, 1.54) is 0 Å². The van der Waals surface area contributed by atoms with Gasteiger partial charge >= 0.3 is 0 Å². The van der Waals surface area contributed by atoms with Gasteiger partial charge in [-0.3, -0.25) is 4.79 Å². The summed E-state index contributed by atoms with van der Waals surface area (Å²) in [6, 6.07) is 3.78. The Morgan fingerprint density at radius 2 is 2.20 bits per heavy atom. The maximum atomic E-state index is 11.3. The number of H-pyrrole nitrogens is 1. The van der Waals surface area contributed by atoms with E-state index in [1.54, 1.807) is 18.5 Å². The van der Waals surface area contributed by atoms with E-state index in [0.29, 0.717) is 43.4 Å². The molecular formula is C17H18N6O2. The number of nitrogens with zero attached hydrogens (tertiary/aromatic N) is 4. The standard InChI is InChI=1S/C17H18N6O2/c18-14(24)10-3-6-23(7-4-10)17-21-13(16(25)22-17)8-11-9-20-15-12(11)2-1-5-19-15/h1-2,5,8-10,25H,3-4,6-7H2,(H2,18,24)(H,21,22). The van der Waals surface area contributed by atoms with Gasteiger partial charge in [-0.2, -0.15) is 4.98 Å². The second-order valence-electron chi connectivity index (χ2n) is 6.19. The number of aromatic amines is 1. The van der Waals surface area contributed by atoms with Crippen molar-refractivity contribution in [2.24, 2.45) is 16.6 Å². The monoisotopic (exact) mass is 338 g/mol. The fourth-order valence-electron chi connectivity index (χ4n) is 3.19. The molecule has 0 radical (unpaired) electrons. The van der Waals surface area contributed by atoms with Crippen molar-refractivity contribution >= 4 is 35.5 Å². The highest BCUT2D eigenvalue weighted by molar-refractivity contribution is 6.20. The van der Waals surface area contributed by atoms with Gasteiger partial charge in [0, 0.05) is 42.6 Å². The molecule has 0 atom stereocenters. The summed E-state index contributed by atoms with van der Waals surface area (Å²) in [7, 11) is 0. The largest absolute Gasteiger partial charge is 0.492 e. The minimum absolute atomic E-state index is 0.0646. The van der Waals surface area contributed by atoms with Gasteiger partial charge in [0.25, 0.3) is 0 Å². The number of amides is 1. The van der Waals surface area contributed by atoms with Gasteiger partial charge in [0.05, 0.1) is 0 Å². The van der Waals surface area contributed by atoms with Crippen molar-refractivity contribution in [1.29, 1.82) is 0 Å². The van der Waals surface area contributed by atoms with Crippen LogP contribution in [0, 0.1) is 5.92 Å². The number of hydrogen-bond donors (Lipinski definition) is 3. The molecule has 4 heterocycles. The van der Waals surface area contributed by atoms with E-state index in [2.05, 4.69) is 19.9 Å². The van der Waals surface area contributed by atoms with Crippen molar-refractivity contribution in [1.82, 2.24) is 15.0 Å². The number of imidazole rings is 1. The average molecular weight is 338 g/mol. The Morgan fingerprint density at radius 1 is 1.40 bits per heavy atom. The molecule has 1 amide bonds. The number of aromatic nitrogens is 3. The number of aromatic hydroxyl groups is 1. The predicted molar refractivity (Wildman–Crippen MR) is 94.6 cm³/mol. The highest BCUT2D eigenvalue weighted by atomic mass is 16.3. The normalized spacial score (nSPS) is 18.7. The highest BCUT2D eigenvalue weighted by Gasteiger charge is 2.25. The average Bonchev–Trinajstić information content (AvgIpc) is 3.20. The molecule has 4 rings (SSSR count). The van der Waals surface area contributed by atoms with Gasteiger partial charge in [0.1, 0.15) is 5.69 Å². The molecular weight excluding hydrogens is 320 g/mol. The Balaban J connectivity index is 1.55. The first-order chi connectivity index (χ1) is 12.1. The first kappa shape index (κ1) is 15.4. The van der Waals surface area contributed by atoms with Crippen molar-refractivity contribution in [2.45, 2.75) is 12.8 Å². The zero-order chi connectivity index (χ0) is 17.4. The fourth-order valence-corrected chi connectivity index (χ4v) is 3.19. The number of nitrogens with one attached hydrogen (secondary N) is 1. The van der Waals surface area contributed by atoms with Gasteiger partial charge in [0.2, 0.25) is 17.7 Å². The molecule has 0 aliphatic carbocycles. The molecule has 8 nitrogen and oxygen atoms in total. The lowest BCUT2D eigenvalue weighted by Gasteiger charge is -2.30. The Kier molecular flexibility index (Phi) is 3.72. The lowest BCUT2D eigenvalue weighted by molar-refractivity contribution is -0.122. The summed E-state index contributed by atoms with van der Waals surface area (Å²) >= 11 is 0. The second-order valence-corrected chi connectivity index (χ2v) is 6.19. The van der Waals surface area contributed by atoms with Crippen LogP contribution in [0.5, 0.6) is 5.88 Å². The molecule has 0 spiro atoms. The van der Waals surface area contributed by atoms with Crippen molar-refractivity contribution in [3.8, 4) is 5.88 Å². The van der Waals surface area contributed by atoms with E-state index in [0.717, 1.165) is 11.1 Å². The minimum atomic E-state index is -0.250. The van der Waals surface area contributed by atoms with Crippen molar-refractivity contribution in [2.75, 3.05) is 18.0 Å². The molecule has 8 heteroatoms. The zero-order valence-electron chi connectivity index (χ0n) is 13.5. The van der Waals surface area contributed by atoms with Crippen LogP contribution in [0.15, 0.2) is 23.3 Å². The van der Waals surface area contributed by atoms with Gasteiger partial charge in [-0.15, -0.1) is 0 Å². The number of primary amides is 1. The third kappa shape index (κ3) is 2.86. The molecule has 2 aromatic heterocycles. The number of pyridine rings is 1. The molecule has 1 fully saturated rings. The molecule has 0 unspecified atom stereocenters. The van der Waals surface area contributed by atoms with Crippen LogP contribution in [0.3, 0.4) is 0 Å². The Hall–Kier alpha value is -3.16. The first-order valence-corrected chi connectivity index (χ1v) is 8.16. The summed E-state index contributed by atoms with van der Waals surface area (Å²) in [5, 5.41) is 10.2. The van der Waals surface area contributed by atoms with E-state index >= 15 is 0 Å². The number of rotatable bonds is 3. The van der Waals surface area contributed by atoms with Crippen LogP contribution < -0.4 is 10.6 Å². The van der Waals surface area contributed by atoms with E-state index < -0.39 is 0 Å². The van der Waals surface area contributed by atoms with E-state index in [1.807, 2.05) is 17.0 Å². The number of anilines is 1. The molecule has 0 aromatic carbocycles. The number of fused-ring (bicyclic) bond motifs is 1. The van der Waals surface area contributed by atoms with Crippen LogP contribution in [-0.2, 0) is 4.79 Å². The van der Waals surface area contributed by atoms with Crippen molar-refractivity contribution in [3.05, 3.63) is 29.6 Å². The van der Waals surface area contributed by atoms with Crippen molar-refractivity contribution < 1.29 is 9.90 Å². The van der Waals surface area contributed by atoms with E-state index in [-0.39, 0.29) is 17.7 Å². The van der Waals surface area contributed by atoms with Gasteiger partial charge in [-0.1, -0.05) is 0 Å². The predicted octanol–water partition coefficient (Wildman–Crippen LogP) is 1.47. The van der Waals surface area contributed by atoms with Gasteiger partial charge < -0.3 is 20.7 Å². The summed E-state index contributed by atoms with van der Waals surface area (Å²) in [5.41, 5.74) is 7.66. The number of carbonyl (C=O) groups excluding carboxylic acids is 1. The van der Waals surface area contributed by atoms with Gasteiger partial charge in [0.15, 0.2) is 5.82 Å². The van der Waals surface area contributed by atoms with Crippen LogP contribution >= 0.6 is 0 Å². The molecule has 0 bridgehead atoms. The number of carbonyl (C=O) groups is 1. The minimum Gasteiger partial charge on any atom is -0.492 e. The maximum Gasteiger partial charge on any atom is 0.238 e. The third-order valence-electron chi connectivity index (χ3n) is 4.62. The Bertz CT molecular complexity index is 877. The van der Waals surface area contributed by atoms with Crippen LogP contribution in [0.25, 0.3) is 11.6 Å². The highest BCUT2D eigenvalue weighted by Crippen LogP contribution is 2.32. The summed E-state index contributed by atoms with van der Waals surface area (Å²) < 4.78 is 0. The lowest BCUT2D eigenvalue weighted by Crippen LogP contribution is -2.39. The number of piperidine rings is 1. The Morgan fingerprint density at radius 3 is 2.96 bits per heavy atom. The quantitative estimate of drug-likeness (QED) is 0.782. The Labute approximate surface area is 144 Å². The van der Waals surface area contributed by atoms with Gasteiger partial charge in [-0.05, 0) is 31.1 Å². The first-order valence-electron chi connectivity index (χ1n) is 8.16. The molecule has 128 valence electrons. The molecule has 25 heavy (non-hydrogen) atoms. The third-order valence-corrected chi connectivity index (χ3v) is 4.62. The van der Waals surface area contributed by atoms with Crippen molar-refractivity contribution in [3.63, 3.8) is 0 Å². The van der Waals surface area contributed by atoms with Gasteiger partial charge in [-0.25, -0.2) is 9.98 Å². The lowest BCUT2D eigenvalue weighted by atomic mass is 9.97. The molecule has 0 saturated carbocycles. The second kappa shape index (κ2) is 6.04. The van der Waals surface area contributed by atoms with Crippen LogP contribution in [0.1, 0.15) is 24.1 Å². The zero-order valence-corrected chi connectivity index (χ0v) is 13.5. The van der Waals surface area contributed by atoms with Crippen LogP contribution in [-0.4, -0.2) is 45.3 Å². The fraction of sp³-hybridized carbons (Fsp3) is 0.294. The maximum absolute atomic E-state index is 11.3. The number of hydrogen-bond acceptors (Lipinski definition) is 6. The SMILES string of the molecule is NC(=O)C1CCN(c2nc(O)c(C=C3C=Nc4ncccc43)[nH]2)CC1. The molecule has 2 aromatic rings. The molecule has 2 aliphatic rings. The molecule has 4 N–H and O–H groups in total. The molecule has 1 saturated heterocycles. The smallest absolute Gasteiger partial charge is 0.238 e. The van der Waals surface area contributed by atoms with Crippen LogP contribution in [0.4, 0.5) is 11.8 Å².